The lowest BCUT2D eigenvalue weighted by molar-refractivity contribution is -0.122. The predicted molar refractivity (Wildman–Crippen MR) is 86.4 cm³/mol. The molecule has 0 saturated carbocycles. The van der Waals surface area contributed by atoms with Gasteiger partial charge in [0.2, 0.25) is 0 Å². The summed E-state index contributed by atoms with van der Waals surface area (Å²) in [5, 5.41) is 3.49. The molecule has 3 nitrogen and oxygen atoms in total. The molecule has 0 spiro atoms. The second kappa shape index (κ2) is 6.83. The second-order valence-electron chi connectivity index (χ2n) is 4.67. The van der Waals surface area contributed by atoms with E-state index in [1.807, 2.05) is 31.2 Å². The summed E-state index contributed by atoms with van der Waals surface area (Å²) in [6.45, 7) is 3.61. The molecule has 1 atom stereocenters. The third-order valence-corrected chi connectivity index (χ3v) is 3.68. The van der Waals surface area contributed by atoms with E-state index in [4.69, 9.17) is 27.9 Å². The maximum absolute atomic E-state index is 12.1. The van der Waals surface area contributed by atoms with Crippen LogP contribution in [0, 0.1) is 6.92 Å². The molecular formula is C16H15Cl2NO2. The number of benzene rings is 2. The number of ether oxygens (including phenoxy) is 1. The molecule has 1 amide bonds. The van der Waals surface area contributed by atoms with Gasteiger partial charge in [0.05, 0.1) is 5.02 Å². The summed E-state index contributed by atoms with van der Waals surface area (Å²) in [5.41, 5.74) is 1.80. The highest BCUT2D eigenvalue weighted by molar-refractivity contribution is 6.42. The van der Waals surface area contributed by atoms with Gasteiger partial charge in [0, 0.05) is 5.69 Å². The zero-order valence-electron chi connectivity index (χ0n) is 11.7. The fourth-order valence-electron chi connectivity index (χ4n) is 1.79. The van der Waals surface area contributed by atoms with E-state index in [-0.39, 0.29) is 5.91 Å². The number of amides is 1. The Morgan fingerprint density at radius 3 is 2.62 bits per heavy atom. The number of anilines is 1. The lowest BCUT2D eigenvalue weighted by atomic mass is 10.2. The Bertz CT molecular complexity index is 658. The van der Waals surface area contributed by atoms with Crippen LogP contribution in [-0.2, 0) is 4.79 Å². The van der Waals surface area contributed by atoms with Gasteiger partial charge in [0.25, 0.3) is 5.91 Å². The summed E-state index contributed by atoms with van der Waals surface area (Å²) in [6.07, 6.45) is -0.693. The molecule has 0 aromatic heterocycles. The van der Waals surface area contributed by atoms with Crippen molar-refractivity contribution in [1.29, 1.82) is 0 Å². The minimum absolute atomic E-state index is 0.253. The fraction of sp³-hybridized carbons (Fsp3) is 0.188. The maximum Gasteiger partial charge on any atom is 0.265 e. The zero-order valence-corrected chi connectivity index (χ0v) is 13.2. The van der Waals surface area contributed by atoms with Gasteiger partial charge in [0.1, 0.15) is 10.8 Å². The summed E-state index contributed by atoms with van der Waals surface area (Å²) >= 11 is 11.9. The van der Waals surface area contributed by atoms with Crippen LogP contribution in [0.25, 0.3) is 0 Å². The molecule has 0 heterocycles. The monoisotopic (exact) mass is 323 g/mol. The van der Waals surface area contributed by atoms with E-state index >= 15 is 0 Å². The van der Waals surface area contributed by atoms with E-state index in [0.29, 0.717) is 15.8 Å². The van der Waals surface area contributed by atoms with Crippen molar-refractivity contribution in [2.24, 2.45) is 0 Å². The normalized spacial score (nSPS) is 11.8. The van der Waals surface area contributed by atoms with Crippen molar-refractivity contribution in [3.8, 4) is 5.75 Å². The van der Waals surface area contributed by atoms with Crippen molar-refractivity contribution in [3.63, 3.8) is 0 Å². The number of aryl methyl sites for hydroxylation is 1. The van der Waals surface area contributed by atoms with E-state index in [1.165, 1.54) is 0 Å². The highest BCUT2D eigenvalue weighted by atomic mass is 35.5. The molecule has 0 fully saturated rings. The average molecular weight is 324 g/mol. The van der Waals surface area contributed by atoms with Crippen LogP contribution in [0.15, 0.2) is 42.5 Å². The van der Waals surface area contributed by atoms with Crippen LogP contribution in [0.3, 0.4) is 0 Å². The number of hydrogen-bond acceptors (Lipinski definition) is 2. The molecule has 2 rings (SSSR count). The van der Waals surface area contributed by atoms with Crippen molar-refractivity contribution in [2.75, 3.05) is 5.32 Å². The van der Waals surface area contributed by atoms with Crippen LogP contribution >= 0.6 is 23.2 Å². The number of rotatable bonds is 4. The number of carbonyl (C=O) groups is 1. The van der Waals surface area contributed by atoms with Crippen molar-refractivity contribution in [2.45, 2.75) is 20.0 Å². The molecule has 0 aliphatic heterocycles. The quantitative estimate of drug-likeness (QED) is 0.885. The molecule has 0 bridgehead atoms. The third kappa shape index (κ3) is 4.13. The van der Waals surface area contributed by atoms with Gasteiger partial charge in [-0.2, -0.15) is 0 Å². The zero-order chi connectivity index (χ0) is 15.4. The van der Waals surface area contributed by atoms with Crippen molar-refractivity contribution in [3.05, 3.63) is 58.1 Å². The van der Waals surface area contributed by atoms with E-state index in [9.17, 15) is 4.79 Å². The lowest BCUT2D eigenvalue weighted by Crippen LogP contribution is -2.30. The summed E-state index contributed by atoms with van der Waals surface area (Å²) in [6, 6.07) is 12.6. The molecule has 0 aliphatic carbocycles. The van der Waals surface area contributed by atoms with Crippen LogP contribution in [-0.4, -0.2) is 12.0 Å². The van der Waals surface area contributed by atoms with Gasteiger partial charge in [-0.3, -0.25) is 4.79 Å². The van der Waals surface area contributed by atoms with Gasteiger partial charge in [0.15, 0.2) is 6.10 Å². The molecule has 0 saturated heterocycles. The van der Waals surface area contributed by atoms with E-state index < -0.39 is 6.10 Å². The van der Waals surface area contributed by atoms with Gasteiger partial charge >= 0.3 is 0 Å². The van der Waals surface area contributed by atoms with Gasteiger partial charge < -0.3 is 10.1 Å². The first-order valence-electron chi connectivity index (χ1n) is 6.45. The first kappa shape index (κ1) is 15.7. The largest absolute Gasteiger partial charge is 0.479 e. The van der Waals surface area contributed by atoms with Crippen LogP contribution < -0.4 is 10.1 Å². The number of halogens is 2. The van der Waals surface area contributed by atoms with Gasteiger partial charge in [-0.05, 0) is 43.7 Å². The van der Waals surface area contributed by atoms with Gasteiger partial charge in [-0.1, -0.05) is 41.4 Å². The van der Waals surface area contributed by atoms with E-state index in [0.717, 1.165) is 11.3 Å². The highest BCUT2D eigenvalue weighted by Gasteiger charge is 2.17. The summed E-state index contributed by atoms with van der Waals surface area (Å²) < 4.78 is 5.56. The van der Waals surface area contributed by atoms with Crippen LogP contribution in [0.1, 0.15) is 12.5 Å². The summed E-state index contributed by atoms with van der Waals surface area (Å²) in [5.74, 6) is 0.132. The fourth-order valence-corrected chi connectivity index (χ4v) is 2.12. The SMILES string of the molecule is Cc1cccc(NC(=O)[C@@H](C)Oc2cccc(Cl)c2Cl)c1. The first-order chi connectivity index (χ1) is 9.97. The molecule has 0 radical (unpaired) electrons. The van der Waals surface area contributed by atoms with Crippen LogP contribution in [0.2, 0.25) is 10.0 Å². The Balaban J connectivity index is 2.04. The standard InChI is InChI=1S/C16H15Cl2NO2/c1-10-5-3-6-12(9-10)19-16(20)11(2)21-14-8-4-7-13(17)15(14)18/h3-9,11H,1-2H3,(H,19,20)/t11-/m1/s1. The Labute approximate surface area is 133 Å². The average Bonchev–Trinajstić information content (AvgIpc) is 2.44. The van der Waals surface area contributed by atoms with Gasteiger partial charge in [-0.15, -0.1) is 0 Å². The Morgan fingerprint density at radius 2 is 1.90 bits per heavy atom. The topological polar surface area (TPSA) is 38.3 Å². The van der Waals surface area contributed by atoms with Crippen molar-refractivity contribution < 1.29 is 9.53 Å². The molecule has 2 aromatic carbocycles. The predicted octanol–water partition coefficient (Wildman–Crippen LogP) is 4.71. The highest BCUT2D eigenvalue weighted by Crippen LogP contribution is 2.32. The van der Waals surface area contributed by atoms with Gasteiger partial charge in [-0.25, -0.2) is 0 Å². The minimum atomic E-state index is -0.693. The lowest BCUT2D eigenvalue weighted by Gasteiger charge is -2.16. The van der Waals surface area contributed by atoms with Crippen molar-refractivity contribution >= 4 is 34.8 Å². The summed E-state index contributed by atoms with van der Waals surface area (Å²) in [4.78, 5) is 12.1. The molecule has 110 valence electrons. The molecule has 1 N–H and O–H groups in total. The van der Waals surface area contributed by atoms with Crippen LogP contribution in [0.5, 0.6) is 5.75 Å². The smallest absolute Gasteiger partial charge is 0.265 e. The molecule has 21 heavy (non-hydrogen) atoms. The van der Waals surface area contributed by atoms with Crippen molar-refractivity contribution in [1.82, 2.24) is 0 Å². The van der Waals surface area contributed by atoms with Crippen LogP contribution in [0.4, 0.5) is 5.69 Å². The first-order valence-corrected chi connectivity index (χ1v) is 7.21. The Kier molecular flexibility index (Phi) is 5.10. The molecule has 2 aromatic rings. The van der Waals surface area contributed by atoms with E-state index in [2.05, 4.69) is 5.32 Å². The molecular weight excluding hydrogens is 309 g/mol. The Hall–Kier alpha value is -1.71. The number of nitrogens with one attached hydrogen (secondary N) is 1. The Morgan fingerprint density at radius 1 is 1.19 bits per heavy atom. The van der Waals surface area contributed by atoms with E-state index in [1.54, 1.807) is 25.1 Å². The molecule has 0 unspecified atom stereocenters. The third-order valence-electron chi connectivity index (χ3n) is 2.87. The number of hydrogen-bond donors (Lipinski definition) is 1. The molecule has 5 heteroatoms. The summed E-state index contributed by atoms with van der Waals surface area (Å²) in [7, 11) is 0. The second-order valence-corrected chi connectivity index (χ2v) is 5.46. The maximum atomic E-state index is 12.1. The molecule has 0 aliphatic rings. The number of carbonyl (C=O) groups excluding carboxylic acids is 1. The minimum Gasteiger partial charge on any atom is -0.479 e.